The summed E-state index contributed by atoms with van der Waals surface area (Å²) in [5, 5.41) is 11.1. The zero-order chi connectivity index (χ0) is 17.2. The van der Waals surface area contributed by atoms with Gasteiger partial charge in [0.25, 0.3) is 0 Å². The molecule has 4 nitrogen and oxygen atoms in total. The van der Waals surface area contributed by atoms with Crippen molar-refractivity contribution in [3.05, 3.63) is 71.3 Å². The zero-order valence-electron chi connectivity index (χ0n) is 14.0. The van der Waals surface area contributed by atoms with E-state index in [0.717, 1.165) is 16.7 Å². The lowest BCUT2D eigenvalue weighted by atomic mass is 9.81. The third-order valence-electron chi connectivity index (χ3n) is 5.02. The summed E-state index contributed by atoms with van der Waals surface area (Å²) < 4.78 is 0. The van der Waals surface area contributed by atoms with Crippen LogP contribution in [0.3, 0.4) is 0 Å². The fourth-order valence-electron chi connectivity index (χ4n) is 3.71. The number of primary amides is 1. The molecule has 1 heterocycles. The lowest BCUT2D eigenvalue weighted by Crippen LogP contribution is -2.47. The summed E-state index contributed by atoms with van der Waals surface area (Å²) in [5.41, 5.74) is 7.82. The van der Waals surface area contributed by atoms with Crippen LogP contribution >= 0.6 is 0 Å². The first-order valence-corrected chi connectivity index (χ1v) is 8.38. The Balaban J connectivity index is 1.79. The second kappa shape index (κ2) is 6.75. The van der Waals surface area contributed by atoms with E-state index < -0.39 is 11.6 Å². The predicted molar refractivity (Wildman–Crippen MR) is 94.3 cm³/mol. The van der Waals surface area contributed by atoms with E-state index in [1.807, 2.05) is 61.5 Å². The highest BCUT2D eigenvalue weighted by molar-refractivity contribution is 5.81. The number of hydrogen-bond acceptors (Lipinski definition) is 3. The average Bonchev–Trinajstić information content (AvgIpc) is 2.58. The number of piperidine rings is 1. The van der Waals surface area contributed by atoms with Gasteiger partial charge in [0.15, 0.2) is 0 Å². The molecule has 0 radical (unpaired) electrons. The third-order valence-corrected chi connectivity index (χ3v) is 5.02. The molecule has 1 aliphatic rings. The quantitative estimate of drug-likeness (QED) is 0.908. The summed E-state index contributed by atoms with van der Waals surface area (Å²) >= 11 is 0. The normalized spacial score (nSPS) is 18.9. The number of nitrogens with zero attached hydrogens (tertiary/aromatic N) is 1. The van der Waals surface area contributed by atoms with Gasteiger partial charge in [0.2, 0.25) is 5.91 Å². The summed E-state index contributed by atoms with van der Waals surface area (Å²) in [6, 6.07) is 17.1. The number of aryl methyl sites for hydroxylation is 1. The van der Waals surface area contributed by atoms with Gasteiger partial charge in [-0.2, -0.15) is 0 Å². The minimum atomic E-state index is -0.833. The molecule has 1 saturated heterocycles. The van der Waals surface area contributed by atoms with Crippen molar-refractivity contribution in [2.75, 3.05) is 13.1 Å². The van der Waals surface area contributed by atoms with Crippen LogP contribution in [0.1, 0.15) is 35.6 Å². The minimum absolute atomic E-state index is 0.345. The number of amides is 1. The zero-order valence-corrected chi connectivity index (χ0v) is 14.0. The molecule has 3 N–H and O–H groups in total. The predicted octanol–water partition coefficient (Wildman–Crippen LogP) is 2.51. The number of benzene rings is 2. The van der Waals surface area contributed by atoms with Gasteiger partial charge < -0.3 is 10.8 Å². The molecule has 0 aromatic heterocycles. The van der Waals surface area contributed by atoms with E-state index in [1.54, 1.807) is 0 Å². The van der Waals surface area contributed by atoms with Crippen LogP contribution in [-0.4, -0.2) is 29.0 Å². The maximum absolute atomic E-state index is 12.0. The molecule has 1 amide bonds. The second-order valence-corrected chi connectivity index (χ2v) is 6.60. The molecule has 1 aliphatic heterocycles. The molecular weight excluding hydrogens is 300 g/mol. The molecule has 1 fully saturated rings. The number of aliphatic hydroxyl groups is 1. The van der Waals surface area contributed by atoms with Crippen molar-refractivity contribution in [3.8, 4) is 0 Å². The van der Waals surface area contributed by atoms with Crippen molar-refractivity contribution in [1.29, 1.82) is 0 Å². The van der Waals surface area contributed by atoms with Crippen molar-refractivity contribution in [1.82, 2.24) is 4.90 Å². The standard InChI is InChI=1S/C20H24N2O2/c1-15-7-5-6-10-17(15)20(24)11-13-22(14-12-20)18(19(21)23)16-8-3-2-4-9-16/h2-10,18,24H,11-14H2,1H3,(H2,21,23). The van der Waals surface area contributed by atoms with Crippen LogP contribution in [0.2, 0.25) is 0 Å². The van der Waals surface area contributed by atoms with Crippen LogP contribution in [0.5, 0.6) is 0 Å². The summed E-state index contributed by atoms with van der Waals surface area (Å²) in [4.78, 5) is 14.1. The van der Waals surface area contributed by atoms with E-state index in [4.69, 9.17) is 5.73 Å². The number of rotatable bonds is 4. The van der Waals surface area contributed by atoms with Gasteiger partial charge in [-0.1, -0.05) is 54.6 Å². The highest BCUT2D eigenvalue weighted by atomic mass is 16.3. The Morgan fingerprint density at radius 3 is 2.25 bits per heavy atom. The van der Waals surface area contributed by atoms with Gasteiger partial charge in [-0.05, 0) is 36.5 Å². The summed E-state index contributed by atoms with van der Waals surface area (Å²) in [5.74, 6) is -0.345. The van der Waals surface area contributed by atoms with Crippen molar-refractivity contribution in [3.63, 3.8) is 0 Å². The Morgan fingerprint density at radius 2 is 1.67 bits per heavy atom. The van der Waals surface area contributed by atoms with Gasteiger partial charge >= 0.3 is 0 Å². The van der Waals surface area contributed by atoms with E-state index >= 15 is 0 Å². The van der Waals surface area contributed by atoms with Crippen molar-refractivity contribution in [2.45, 2.75) is 31.4 Å². The Bertz CT molecular complexity index is 707. The van der Waals surface area contributed by atoms with E-state index in [9.17, 15) is 9.90 Å². The first-order valence-electron chi connectivity index (χ1n) is 8.38. The lowest BCUT2D eigenvalue weighted by Gasteiger charge is -2.41. The molecule has 1 unspecified atom stereocenters. The Labute approximate surface area is 142 Å². The van der Waals surface area contributed by atoms with Gasteiger partial charge in [-0.3, -0.25) is 9.69 Å². The molecule has 2 aromatic carbocycles. The number of nitrogens with two attached hydrogens (primary N) is 1. The van der Waals surface area contributed by atoms with E-state index in [-0.39, 0.29) is 5.91 Å². The third kappa shape index (κ3) is 3.21. The molecule has 3 rings (SSSR count). The van der Waals surface area contributed by atoms with Gasteiger partial charge in [-0.25, -0.2) is 0 Å². The van der Waals surface area contributed by atoms with Crippen molar-refractivity contribution >= 4 is 5.91 Å². The Morgan fingerprint density at radius 1 is 1.08 bits per heavy atom. The Hall–Kier alpha value is -2.17. The fourth-order valence-corrected chi connectivity index (χ4v) is 3.71. The summed E-state index contributed by atoms with van der Waals surface area (Å²) in [6.07, 6.45) is 1.18. The van der Waals surface area contributed by atoms with Crippen LogP contribution in [-0.2, 0) is 10.4 Å². The number of hydrogen-bond donors (Lipinski definition) is 2. The fraction of sp³-hybridized carbons (Fsp3) is 0.350. The highest BCUT2D eigenvalue weighted by Gasteiger charge is 2.38. The summed E-state index contributed by atoms with van der Waals surface area (Å²) in [6.45, 7) is 3.29. The van der Waals surface area contributed by atoms with Gasteiger partial charge in [0, 0.05) is 13.1 Å². The van der Waals surface area contributed by atoms with Crippen LogP contribution < -0.4 is 5.73 Å². The van der Waals surface area contributed by atoms with Crippen molar-refractivity contribution < 1.29 is 9.90 Å². The van der Waals surface area contributed by atoms with Crippen LogP contribution in [0.25, 0.3) is 0 Å². The smallest absolute Gasteiger partial charge is 0.239 e. The SMILES string of the molecule is Cc1ccccc1C1(O)CCN(C(C(N)=O)c2ccccc2)CC1. The van der Waals surface area contributed by atoms with E-state index in [0.29, 0.717) is 25.9 Å². The Kier molecular flexibility index (Phi) is 4.69. The molecule has 2 aromatic rings. The molecule has 0 saturated carbocycles. The van der Waals surface area contributed by atoms with Gasteiger partial charge in [0.05, 0.1) is 5.60 Å². The number of carbonyl (C=O) groups is 1. The molecule has 4 heteroatoms. The molecule has 1 atom stereocenters. The van der Waals surface area contributed by atoms with Crippen molar-refractivity contribution in [2.24, 2.45) is 5.73 Å². The molecule has 24 heavy (non-hydrogen) atoms. The van der Waals surface area contributed by atoms with Gasteiger partial charge in [0.1, 0.15) is 6.04 Å². The van der Waals surface area contributed by atoms with Crippen LogP contribution in [0, 0.1) is 6.92 Å². The lowest BCUT2D eigenvalue weighted by molar-refractivity contribution is -0.126. The first kappa shape index (κ1) is 16.7. The first-order chi connectivity index (χ1) is 11.5. The molecular formula is C20H24N2O2. The van der Waals surface area contributed by atoms with E-state index in [2.05, 4.69) is 4.90 Å². The molecule has 0 bridgehead atoms. The maximum atomic E-state index is 12.0. The topological polar surface area (TPSA) is 66.6 Å². The number of likely N-dealkylation sites (tertiary alicyclic amines) is 1. The highest BCUT2D eigenvalue weighted by Crippen LogP contribution is 2.37. The second-order valence-electron chi connectivity index (χ2n) is 6.60. The largest absolute Gasteiger partial charge is 0.385 e. The van der Waals surface area contributed by atoms with Crippen LogP contribution in [0.15, 0.2) is 54.6 Å². The summed E-state index contributed by atoms with van der Waals surface area (Å²) in [7, 11) is 0. The molecule has 0 spiro atoms. The average molecular weight is 324 g/mol. The molecule has 126 valence electrons. The van der Waals surface area contributed by atoms with E-state index in [1.165, 1.54) is 0 Å². The van der Waals surface area contributed by atoms with Crippen LogP contribution in [0.4, 0.5) is 0 Å². The molecule has 0 aliphatic carbocycles. The van der Waals surface area contributed by atoms with Gasteiger partial charge in [-0.15, -0.1) is 0 Å². The monoisotopic (exact) mass is 324 g/mol. The number of carbonyl (C=O) groups excluding carboxylic acids is 1. The minimum Gasteiger partial charge on any atom is -0.385 e. The maximum Gasteiger partial charge on any atom is 0.239 e.